The van der Waals surface area contributed by atoms with Crippen molar-refractivity contribution in [2.45, 2.75) is 6.42 Å². The van der Waals surface area contributed by atoms with Crippen molar-refractivity contribution in [1.82, 2.24) is 10.2 Å². The van der Waals surface area contributed by atoms with Crippen molar-refractivity contribution in [1.29, 1.82) is 0 Å². The van der Waals surface area contributed by atoms with Crippen molar-refractivity contribution in [3.63, 3.8) is 0 Å². The Balaban J connectivity index is 1.85. The van der Waals surface area contributed by atoms with E-state index in [2.05, 4.69) is 16.1 Å². The molecule has 1 amide bonds. The van der Waals surface area contributed by atoms with Crippen LogP contribution >= 0.6 is 12.2 Å². The monoisotopic (exact) mass is 285 g/mol. The van der Waals surface area contributed by atoms with Gasteiger partial charge in [0.15, 0.2) is 0 Å². The van der Waals surface area contributed by atoms with E-state index in [4.69, 9.17) is 23.1 Å². The third kappa shape index (κ3) is 2.24. The molecule has 1 saturated heterocycles. The highest BCUT2D eigenvalue weighted by molar-refractivity contribution is 7.71. The standard InChI is InChI=1S/C14H11N3O2S/c1-2-9-7-12(18)17(8-9)11-5-3-10(4-6-11)13-15-16-14(20)19-13/h1,3-6,9H,7-8H2,(H,16,20). The predicted molar refractivity (Wildman–Crippen MR) is 76.4 cm³/mol. The second-order valence-corrected chi connectivity index (χ2v) is 4.91. The lowest BCUT2D eigenvalue weighted by Gasteiger charge is -2.15. The molecule has 20 heavy (non-hydrogen) atoms. The summed E-state index contributed by atoms with van der Waals surface area (Å²) in [6, 6.07) is 7.36. The van der Waals surface area contributed by atoms with Crippen LogP contribution in [0.2, 0.25) is 0 Å². The number of carbonyl (C=O) groups excluding carboxylic acids is 1. The van der Waals surface area contributed by atoms with Crippen LogP contribution in [0.15, 0.2) is 28.7 Å². The molecule has 5 nitrogen and oxygen atoms in total. The fraction of sp³-hybridized carbons (Fsp3) is 0.214. The molecule has 1 atom stereocenters. The molecule has 0 bridgehead atoms. The van der Waals surface area contributed by atoms with Crippen LogP contribution < -0.4 is 4.90 Å². The molecule has 0 saturated carbocycles. The zero-order chi connectivity index (χ0) is 14.1. The predicted octanol–water partition coefficient (Wildman–Crippen LogP) is 2.39. The van der Waals surface area contributed by atoms with Gasteiger partial charge in [-0.1, -0.05) is 0 Å². The van der Waals surface area contributed by atoms with E-state index in [9.17, 15) is 4.79 Å². The number of aromatic amines is 1. The van der Waals surface area contributed by atoms with Crippen LogP contribution in [0.3, 0.4) is 0 Å². The first-order chi connectivity index (χ1) is 9.67. The summed E-state index contributed by atoms with van der Waals surface area (Å²) in [6.45, 7) is 0.567. The minimum atomic E-state index is -0.00806. The van der Waals surface area contributed by atoms with Crippen molar-refractivity contribution in [3.05, 3.63) is 29.1 Å². The lowest BCUT2D eigenvalue weighted by Crippen LogP contribution is -2.24. The number of terminal acetylenes is 1. The molecule has 6 heteroatoms. The van der Waals surface area contributed by atoms with Crippen LogP contribution in [-0.4, -0.2) is 22.6 Å². The molecule has 1 fully saturated rings. The van der Waals surface area contributed by atoms with Crippen molar-refractivity contribution < 1.29 is 9.21 Å². The van der Waals surface area contributed by atoms with Gasteiger partial charge in [-0.25, -0.2) is 5.10 Å². The van der Waals surface area contributed by atoms with E-state index in [1.807, 2.05) is 24.3 Å². The lowest BCUT2D eigenvalue weighted by molar-refractivity contribution is -0.117. The summed E-state index contributed by atoms with van der Waals surface area (Å²) in [7, 11) is 0. The average Bonchev–Trinajstić information content (AvgIpc) is 3.05. The molecule has 1 aliphatic rings. The summed E-state index contributed by atoms with van der Waals surface area (Å²) >= 11 is 4.83. The van der Waals surface area contributed by atoms with Crippen molar-refractivity contribution in [2.75, 3.05) is 11.4 Å². The number of hydrogen-bond donors (Lipinski definition) is 1. The van der Waals surface area contributed by atoms with E-state index in [0.29, 0.717) is 18.9 Å². The average molecular weight is 285 g/mol. The number of H-pyrrole nitrogens is 1. The number of aromatic nitrogens is 2. The first-order valence-electron chi connectivity index (χ1n) is 6.10. The number of nitrogens with zero attached hydrogens (tertiary/aromatic N) is 2. The van der Waals surface area contributed by atoms with Crippen LogP contribution in [0.25, 0.3) is 11.5 Å². The summed E-state index contributed by atoms with van der Waals surface area (Å²) in [4.78, 5) is 13.8. The zero-order valence-corrected chi connectivity index (χ0v) is 11.3. The molecule has 0 radical (unpaired) electrons. The van der Waals surface area contributed by atoms with Gasteiger partial charge in [-0.2, -0.15) is 0 Å². The maximum atomic E-state index is 11.9. The topological polar surface area (TPSA) is 62.1 Å². The minimum Gasteiger partial charge on any atom is -0.409 e. The van der Waals surface area contributed by atoms with Crippen LogP contribution in [-0.2, 0) is 4.79 Å². The number of anilines is 1. The number of benzene rings is 1. The number of hydrogen-bond acceptors (Lipinski definition) is 4. The number of nitrogens with one attached hydrogen (secondary N) is 1. The first-order valence-corrected chi connectivity index (χ1v) is 6.50. The van der Waals surface area contributed by atoms with Crippen molar-refractivity contribution in [2.24, 2.45) is 5.92 Å². The van der Waals surface area contributed by atoms with Crippen LogP contribution in [0.1, 0.15) is 6.42 Å². The Bertz CT molecular complexity index is 739. The van der Waals surface area contributed by atoms with Gasteiger partial charge in [0, 0.05) is 30.1 Å². The largest absolute Gasteiger partial charge is 0.409 e. The van der Waals surface area contributed by atoms with E-state index in [-0.39, 0.29) is 16.7 Å². The molecule has 1 aromatic heterocycles. The fourth-order valence-corrected chi connectivity index (χ4v) is 2.33. The van der Waals surface area contributed by atoms with E-state index in [0.717, 1.165) is 11.3 Å². The van der Waals surface area contributed by atoms with Crippen molar-refractivity contribution >= 4 is 23.8 Å². The summed E-state index contributed by atoms with van der Waals surface area (Å²) in [5.74, 6) is 3.10. The fourth-order valence-electron chi connectivity index (χ4n) is 2.21. The van der Waals surface area contributed by atoms with E-state index in [1.54, 1.807) is 4.90 Å². The van der Waals surface area contributed by atoms with Gasteiger partial charge >= 0.3 is 0 Å². The van der Waals surface area contributed by atoms with Gasteiger partial charge in [-0.3, -0.25) is 4.79 Å². The van der Waals surface area contributed by atoms with Crippen LogP contribution in [0.5, 0.6) is 0 Å². The highest BCUT2D eigenvalue weighted by Crippen LogP contribution is 2.27. The number of carbonyl (C=O) groups is 1. The van der Waals surface area contributed by atoms with E-state index >= 15 is 0 Å². The molecule has 1 aliphatic heterocycles. The van der Waals surface area contributed by atoms with Gasteiger partial charge < -0.3 is 9.32 Å². The molecule has 100 valence electrons. The smallest absolute Gasteiger partial charge is 0.284 e. The Morgan fingerprint density at radius 1 is 1.45 bits per heavy atom. The molecular weight excluding hydrogens is 274 g/mol. The molecule has 2 aromatic rings. The SMILES string of the molecule is C#CC1CC(=O)N(c2ccc(-c3n[nH]c(=S)o3)cc2)C1. The Labute approximate surface area is 120 Å². The van der Waals surface area contributed by atoms with Gasteiger partial charge in [-0.15, -0.1) is 17.4 Å². The quantitative estimate of drug-likeness (QED) is 0.680. The maximum Gasteiger partial charge on any atom is 0.284 e. The summed E-state index contributed by atoms with van der Waals surface area (Å²) < 4.78 is 5.23. The number of amides is 1. The molecule has 0 spiro atoms. The van der Waals surface area contributed by atoms with Gasteiger partial charge in [-0.05, 0) is 36.5 Å². The highest BCUT2D eigenvalue weighted by atomic mass is 32.1. The third-order valence-corrected chi connectivity index (χ3v) is 3.40. The minimum absolute atomic E-state index is 0.00806. The Kier molecular flexibility index (Phi) is 3.12. The van der Waals surface area contributed by atoms with Gasteiger partial charge in [0.05, 0.1) is 0 Å². The Morgan fingerprint density at radius 2 is 2.20 bits per heavy atom. The van der Waals surface area contributed by atoms with Crippen LogP contribution in [0.4, 0.5) is 5.69 Å². The molecule has 1 unspecified atom stereocenters. The van der Waals surface area contributed by atoms with Gasteiger partial charge in [0.1, 0.15) is 0 Å². The molecule has 0 aliphatic carbocycles. The third-order valence-electron chi connectivity index (χ3n) is 3.22. The lowest BCUT2D eigenvalue weighted by atomic mass is 10.1. The molecule has 1 aromatic carbocycles. The highest BCUT2D eigenvalue weighted by Gasteiger charge is 2.29. The summed E-state index contributed by atoms with van der Waals surface area (Å²) in [5, 5.41) is 6.52. The Morgan fingerprint density at radius 3 is 2.75 bits per heavy atom. The molecule has 2 heterocycles. The second-order valence-electron chi connectivity index (χ2n) is 4.54. The zero-order valence-electron chi connectivity index (χ0n) is 10.5. The number of rotatable bonds is 2. The van der Waals surface area contributed by atoms with Gasteiger partial charge in [0.25, 0.3) is 4.84 Å². The summed E-state index contributed by atoms with van der Waals surface area (Å²) in [6.07, 6.45) is 5.78. The van der Waals surface area contributed by atoms with E-state index in [1.165, 1.54) is 0 Å². The van der Waals surface area contributed by atoms with Crippen molar-refractivity contribution in [3.8, 4) is 23.8 Å². The first kappa shape index (κ1) is 12.6. The van der Waals surface area contributed by atoms with Gasteiger partial charge in [0.2, 0.25) is 11.8 Å². The molecular formula is C14H11N3O2S. The molecule has 3 rings (SSSR count). The molecule has 1 N–H and O–H groups in total. The normalized spacial score (nSPS) is 18.2. The second kappa shape index (κ2) is 4.94. The van der Waals surface area contributed by atoms with E-state index < -0.39 is 0 Å². The Hall–Kier alpha value is -2.39. The maximum absolute atomic E-state index is 11.9. The summed E-state index contributed by atoms with van der Waals surface area (Å²) in [5.41, 5.74) is 1.62. The van der Waals surface area contributed by atoms with Crippen LogP contribution in [0, 0.1) is 23.1 Å².